The van der Waals surface area contributed by atoms with Gasteiger partial charge in [-0.05, 0) is 25.0 Å². The molecule has 0 bridgehead atoms. The number of nitrogens with zero attached hydrogens (tertiary/aromatic N) is 4. The summed E-state index contributed by atoms with van der Waals surface area (Å²) in [4.78, 5) is 15.5. The van der Waals surface area contributed by atoms with Crippen LogP contribution in [-0.4, -0.2) is 28.5 Å². The van der Waals surface area contributed by atoms with Gasteiger partial charge in [-0.25, -0.2) is 9.97 Å². The lowest BCUT2D eigenvalue weighted by atomic mass is 10.2. The van der Waals surface area contributed by atoms with E-state index in [1.165, 1.54) is 5.56 Å². The van der Waals surface area contributed by atoms with Gasteiger partial charge in [0.15, 0.2) is 0 Å². The van der Waals surface area contributed by atoms with Crippen molar-refractivity contribution < 1.29 is 0 Å². The Morgan fingerprint density at radius 3 is 2.76 bits per heavy atom. The maximum atomic E-state index is 4.66. The van der Waals surface area contributed by atoms with E-state index in [2.05, 4.69) is 45.1 Å². The zero-order valence-electron chi connectivity index (χ0n) is 13.0. The number of aromatic nitrogens is 3. The molecule has 0 unspecified atom stereocenters. The molecule has 0 aromatic carbocycles. The maximum Gasteiger partial charge on any atom is 0.134 e. The summed E-state index contributed by atoms with van der Waals surface area (Å²) < 4.78 is 0. The molecule has 112 valence electrons. The van der Waals surface area contributed by atoms with Crippen LogP contribution in [0.5, 0.6) is 0 Å². The lowest BCUT2D eigenvalue weighted by Crippen LogP contribution is -2.19. The third kappa shape index (κ3) is 4.41. The fraction of sp³-hybridized carbons (Fsp3) is 0.438. The number of rotatable bonds is 7. The molecule has 0 saturated carbocycles. The molecule has 0 amide bonds. The van der Waals surface area contributed by atoms with E-state index < -0.39 is 0 Å². The Morgan fingerprint density at radius 1 is 1.24 bits per heavy atom. The molecule has 5 nitrogen and oxygen atoms in total. The van der Waals surface area contributed by atoms with Gasteiger partial charge in [-0.1, -0.05) is 13.0 Å². The number of hydrogen-bond donors (Lipinski definition) is 1. The average molecular weight is 285 g/mol. The molecular formula is C16H23N5. The minimum Gasteiger partial charge on any atom is -0.370 e. The Balaban J connectivity index is 2.20. The van der Waals surface area contributed by atoms with E-state index in [9.17, 15) is 0 Å². The van der Waals surface area contributed by atoms with Crippen LogP contribution in [0, 0.1) is 0 Å². The molecule has 2 rings (SSSR count). The standard InChI is InChI=1S/C16H23N5/c1-4-7-14-19-15(18-5-2)10-16(20-14)21(3)12-13-8-6-9-17-11-13/h6,8-11H,4-5,7,12H2,1-3H3,(H,18,19,20). The Morgan fingerprint density at radius 2 is 2.10 bits per heavy atom. The lowest BCUT2D eigenvalue weighted by Gasteiger charge is -2.19. The van der Waals surface area contributed by atoms with Gasteiger partial charge in [0.1, 0.15) is 17.5 Å². The second-order valence-corrected chi connectivity index (χ2v) is 5.03. The van der Waals surface area contributed by atoms with Gasteiger partial charge in [0, 0.05) is 45.0 Å². The molecule has 2 aromatic rings. The highest BCUT2D eigenvalue weighted by molar-refractivity contribution is 5.49. The predicted octanol–water partition coefficient (Wildman–Crippen LogP) is 2.89. The van der Waals surface area contributed by atoms with E-state index in [1.54, 1.807) is 6.20 Å². The zero-order valence-corrected chi connectivity index (χ0v) is 13.0. The van der Waals surface area contributed by atoms with Crippen LogP contribution >= 0.6 is 0 Å². The molecule has 0 atom stereocenters. The van der Waals surface area contributed by atoms with Gasteiger partial charge in [0.25, 0.3) is 0 Å². The van der Waals surface area contributed by atoms with Crippen LogP contribution in [0.1, 0.15) is 31.7 Å². The first-order valence-corrected chi connectivity index (χ1v) is 7.44. The van der Waals surface area contributed by atoms with Crippen molar-refractivity contribution in [2.45, 2.75) is 33.2 Å². The number of aryl methyl sites for hydroxylation is 1. The van der Waals surface area contributed by atoms with E-state index in [-0.39, 0.29) is 0 Å². The minimum atomic E-state index is 0.780. The van der Waals surface area contributed by atoms with Gasteiger partial charge >= 0.3 is 0 Å². The van der Waals surface area contributed by atoms with Gasteiger partial charge in [0.2, 0.25) is 0 Å². The molecule has 5 heteroatoms. The highest BCUT2D eigenvalue weighted by atomic mass is 15.2. The summed E-state index contributed by atoms with van der Waals surface area (Å²) in [5.74, 6) is 2.72. The van der Waals surface area contributed by atoms with Crippen molar-refractivity contribution in [3.8, 4) is 0 Å². The number of hydrogen-bond acceptors (Lipinski definition) is 5. The van der Waals surface area contributed by atoms with Crippen LogP contribution in [-0.2, 0) is 13.0 Å². The van der Waals surface area contributed by atoms with Gasteiger partial charge in [-0.2, -0.15) is 0 Å². The molecule has 0 radical (unpaired) electrons. The molecule has 0 fully saturated rings. The normalized spacial score (nSPS) is 10.4. The molecule has 21 heavy (non-hydrogen) atoms. The zero-order chi connectivity index (χ0) is 15.1. The van der Waals surface area contributed by atoms with E-state index in [4.69, 9.17) is 0 Å². The van der Waals surface area contributed by atoms with E-state index in [0.29, 0.717) is 0 Å². The fourth-order valence-electron chi connectivity index (χ4n) is 2.13. The largest absolute Gasteiger partial charge is 0.370 e. The molecule has 2 aromatic heterocycles. The van der Waals surface area contributed by atoms with Crippen LogP contribution in [0.4, 0.5) is 11.6 Å². The second-order valence-electron chi connectivity index (χ2n) is 5.03. The van der Waals surface area contributed by atoms with Crippen molar-refractivity contribution in [1.29, 1.82) is 0 Å². The Labute approximate surface area is 126 Å². The molecule has 2 heterocycles. The quantitative estimate of drug-likeness (QED) is 0.847. The van der Waals surface area contributed by atoms with Gasteiger partial charge in [-0.3, -0.25) is 4.98 Å². The molecule has 0 aliphatic heterocycles. The molecule has 0 aliphatic carbocycles. The van der Waals surface area contributed by atoms with Gasteiger partial charge in [0.05, 0.1) is 0 Å². The number of pyridine rings is 1. The summed E-state index contributed by atoms with van der Waals surface area (Å²) in [6.45, 7) is 5.85. The highest BCUT2D eigenvalue weighted by Crippen LogP contribution is 2.17. The topological polar surface area (TPSA) is 53.9 Å². The predicted molar refractivity (Wildman–Crippen MR) is 86.5 cm³/mol. The van der Waals surface area contributed by atoms with Gasteiger partial charge < -0.3 is 10.2 Å². The molecular weight excluding hydrogens is 262 g/mol. The minimum absolute atomic E-state index is 0.780. The number of anilines is 2. The summed E-state index contributed by atoms with van der Waals surface area (Å²) >= 11 is 0. The summed E-state index contributed by atoms with van der Waals surface area (Å²) in [5, 5.41) is 3.28. The molecule has 0 spiro atoms. The van der Waals surface area contributed by atoms with Crippen LogP contribution in [0.2, 0.25) is 0 Å². The Bertz CT molecular complexity index is 532. The van der Waals surface area contributed by atoms with E-state index >= 15 is 0 Å². The average Bonchev–Trinajstić information content (AvgIpc) is 2.49. The summed E-state index contributed by atoms with van der Waals surface area (Å²) in [6, 6.07) is 6.03. The molecule has 0 aliphatic rings. The highest BCUT2D eigenvalue weighted by Gasteiger charge is 2.08. The monoisotopic (exact) mass is 285 g/mol. The maximum absolute atomic E-state index is 4.66. The van der Waals surface area contributed by atoms with Crippen molar-refractivity contribution in [1.82, 2.24) is 15.0 Å². The van der Waals surface area contributed by atoms with Crippen molar-refractivity contribution in [2.75, 3.05) is 23.8 Å². The summed E-state index contributed by atoms with van der Waals surface area (Å²) in [6.07, 6.45) is 5.61. The first-order valence-electron chi connectivity index (χ1n) is 7.44. The SMILES string of the molecule is CCCc1nc(NCC)cc(N(C)Cc2cccnc2)n1. The first-order chi connectivity index (χ1) is 10.2. The van der Waals surface area contributed by atoms with Crippen LogP contribution in [0.3, 0.4) is 0 Å². The van der Waals surface area contributed by atoms with Crippen molar-refractivity contribution in [3.05, 3.63) is 42.0 Å². The Kier molecular flexibility index (Phi) is 5.49. The van der Waals surface area contributed by atoms with E-state index in [1.807, 2.05) is 25.4 Å². The van der Waals surface area contributed by atoms with E-state index in [0.717, 1.165) is 43.4 Å². The summed E-state index contributed by atoms with van der Waals surface area (Å²) in [5.41, 5.74) is 1.17. The molecule has 1 N–H and O–H groups in total. The Hall–Kier alpha value is -2.17. The van der Waals surface area contributed by atoms with Crippen LogP contribution in [0.25, 0.3) is 0 Å². The van der Waals surface area contributed by atoms with Crippen molar-refractivity contribution >= 4 is 11.6 Å². The van der Waals surface area contributed by atoms with Crippen molar-refractivity contribution in [2.24, 2.45) is 0 Å². The third-order valence-electron chi connectivity index (χ3n) is 3.12. The number of nitrogens with one attached hydrogen (secondary N) is 1. The first kappa shape index (κ1) is 15.2. The van der Waals surface area contributed by atoms with Crippen molar-refractivity contribution in [3.63, 3.8) is 0 Å². The third-order valence-corrected chi connectivity index (χ3v) is 3.12. The fourth-order valence-corrected chi connectivity index (χ4v) is 2.13. The van der Waals surface area contributed by atoms with Crippen LogP contribution < -0.4 is 10.2 Å². The lowest BCUT2D eigenvalue weighted by molar-refractivity contribution is 0.811. The molecule has 0 saturated heterocycles. The smallest absolute Gasteiger partial charge is 0.134 e. The van der Waals surface area contributed by atoms with Crippen LogP contribution in [0.15, 0.2) is 30.6 Å². The van der Waals surface area contributed by atoms with Gasteiger partial charge in [-0.15, -0.1) is 0 Å². The second kappa shape index (κ2) is 7.57. The summed E-state index contributed by atoms with van der Waals surface area (Å²) in [7, 11) is 2.04.